The van der Waals surface area contributed by atoms with Crippen molar-refractivity contribution in [3.05, 3.63) is 34.9 Å². The maximum Gasteiger partial charge on any atom is 0.379 e. The molecule has 1 aromatic carbocycles. The maximum absolute atomic E-state index is 12.1. The summed E-state index contributed by atoms with van der Waals surface area (Å²) in [4.78, 5) is 23.6. The molecule has 0 fully saturated rings. The zero-order valence-electron chi connectivity index (χ0n) is 11.4. The van der Waals surface area contributed by atoms with E-state index in [4.69, 9.17) is 4.74 Å². The first-order chi connectivity index (χ1) is 8.51. The molecule has 0 saturated heterocycles. The molecular weight excluding hydrogens is 228 g/mol. The van der Waals surface area contributed by atoms with Gasteiger partial charge in [-0.05, 0) is 36.5 Å². The van der Waals surface area contributed by atoms with Crippen LogP contribution in [0.4, 0.5) is 0 Å². The second kappa shape index (κ2) is 6.34. The summed E-state index contributed by atoms with van der Waals surface area (Å²) in [6, 6.07) is 5.72. The van der Waals surface area contributed by atoms with E-state index in [1.165, 1.54) is 0 Å². The van der Waals surface area contributed by atoms with Crippen LogP contribution in [-0.4, -0.2) is 18.4 Å². The van der Waals surface area contributed by atoms with Gasteiger partial charge in [-0.3, -0.25) is 4.79 Å². The maximum atomic E-state index is 12.1. The van der Waals surface area contributed by atoms with Crippen molar-refractivity contribution >= 4 is 11.8 Å². The first-order valence-corrected chi connectivity index (χ1v) is 6.35. The molecule has 1 aromatic rings. The summed E-state index contributed by atoms with van der Waals surface area (Å²) < 4.78 is 4.78. The molecule has 0 aromatic heterocycles. The molecule has 0 radical (unpaired) electrons. The molecule has 0 atom stereocenters. The van der Waals surface area contributed by atoms with E-state index >= 15 is 0 Å². The molecule has 0 aliphatic carbocycles. The smallest absolute Gasteiger partial charge is 0.379 e. The van der Waals surface area contributed by atoms with Gasteiger partial charge in [-0.25, -0.2) is 4.79 Å². The lowest BCUT2D eigenvalue weighted by atomic mass is 9.92. The number of aryl methyl sites for hydroxylation is 1. The van der Waals surface area contributed by atoms with E-state index < -0.39 is 11.8 Å². The van der Waals surface area contributed by atoms with Crippen LogP contribution in [0.5, 0.6) is 0 Å². The molecule has 0 aliphatic rings. The fourth-order valence-electron chi connectivity index (χ4n) is 1.83. The molecule has 3 nitrogen and oxygen atoms in total. The highest BCUT2D eigenvalue weighted by molar-refractivity contribution is 6.41. The first-order valence-electron chi connectivity index (χ1n) is 6.35. The number of ether oxygens (including phenoxy) is 1. The summed E-state index contributed by atoms with van der Waals surface area (Å²) in [6.45, 7) is 7.93. The van der Waals surface area contributed by atoms with Gasteiger partial charge >= 0.3 is 5.97 Å². The van der Waals surface area contributed by atoms with E-state index in [0.717, 1.165) is 17.5 Å². The normalized spacial score (nSPS) is 10.5. The Morgan fingerprint density at radius 3 is 2.39 bits per heavy atom. The molecule has 0 spiro atoms. The average molecular weight is 248 g/mol. The number of Topliss-reactive ketones (excluding diaryl/α,β-unsaturated/α-hetero) is 1. The number of rotatable bonds is 5. The first kappa shape index (κ1) is 14.4. The Morgan fingerprint density at radius 2 is 1.89 bits per heavy atom. The highest BCUT2D eigenvalue weighted by Crippen LogP contribution is 2.22. The second-order valence-electron chi connectivity index (χ2n) is 4.48. The van der Waals surface area contributed by atoms with Crippen molar-refractivity contribution < 1.29 is 14.3 Å². The van der Waals surface area contributed by atoms with Gasteiger partial charge in [-0.1, -0.05) is 32.9 Å². The van der Waals surface area contributed by atoms with Gasteiger partial charge in [0.15, 0.2) is 0 Å². The topological polar surface area (TPSA) is 43.4 Å². The minimum absolute atomic E-state index is 0.198. The van der Waals surface area contributed by atoms with E-state index in [2.05, 4.69) is 0 Å². The summed E-state index contributed by atoms with van der Waals surface area (Å²) in [6.07, 6.45) is 0.835. The molecule has 1 rings (SSSR count). The average Bonchev–Trinajstić information content (AvgIpc) is 2.37. The highest BCUT2D eigenvalue weighted by Gasteiger charge is 2.22. The van der Waals surface area contributed by atoms with Gasteiger partial charge in [0.25, 0.3) is 5.78 Å². The zero-order valence-corrected chi connectivity index (χ0v) is 11.4. The number of benzene rings is 1. The van der Waals surface area contributed by atoms with Crippen molar-refractivity contribution in [2.75, 3.05) is 6.61 Å². The Bertz CT molecular complexity index is 447. The van der Waals surface area contributed by atoms with Crippen molar-refractivity contribution in [3.8, 4) is 0 Å². The third-order valence-electron chi connectivity index (χ3n) is 2.85. The lowest BCUT2D eigenvalue weighted by molar-refractivity contribution is -0.137. The fraction of sp³-hybridized carbons (Fsp3) is 0.467. The van der Waals surface area contributed by atoms with Gasteiger partial charge in [-0.2, -0.15) is 0 Å². The fourth-order valence-corrected chi connectivity index (χ4v) is 1.83. The number of carbonyl (C=O) groups is 2. The lowest BCUT2D eigenvalue weighted by Crippen LogP contribution is -2.19. The van der Waals surface area contributed by atoms with E-state index in [-0.39, 0.29) is 12.5 Å². The largest absolute Gasteiger partial charge is 0.460 e. The van der Waals surface area contributed by atoms with Crippen LogP contribution in [-0.2, 0) is 16.0 Å². The van der Waals surface area contributed by atoms with Crippen LogP contribution in [0.2, 0.25) is 0 Å². The van der Waals surface area contributed by atoms with Crippen LogP contribution in [0.1, 0.15) is 55.1 Å². The Hall–Kier alpha value is -1.64. The van der Waals surface area contributed by atoms with Crippen molar-refractivity contribution in [1.82, 2.24) is 0 Å². The number of ketones is 1. The standard InChI is InChI=1S/C15H20O3/c1-5-11-7-8-12(10(3)4)13(9-11)14(16)15(17)18-6-2/h7-10H,5-6H2,1-4H3. The number of carbonyl (C=O) groups excluding carboxylic acids is 2. The van der Waals surface area contributed by atoms with Crippen molar-refractivity contribution in [3.63, 3.8) is 0 Å². The molecule has 0 unspecified atom stereocenters. The van der Waals surface area contributed by atoms with Gasteiger partial charge in [-0.15, -0.1) is 0 Å². The van der Waals surface area contributed by atoms with Gasteiger partial charge in [0.1, 0.15) is 0 Å². The second-order valence-corrected chi connectivity index (χ2v) is 4.48. The number of hydrogen-bond acceptors (Lipinski definition) is 3. The van der Waals surface area contributed by atoms with E-state index in [9.17, 15) is 9.59 Å². The predicted octanol–water partition coefficient (Wildman–Crippen LogP) is 3.12. The minimum Gasteiger partial charge on any atom is -0.460 e. The Morgan fingerprint density at radius 1 is 1.22 bits per heavy atom. The van der Waals surface area contributed by atoms with Crippen LogP contribution in [0.3, 0.4) is 0 Å². The molecule has 0 N–H and O–H groups in total. The van der Waals surface area contributed by atoms with Crippen LogP contribution in [0, 0.1) is 0 Å². The van der Waals surface area contributed by atoms with E-state index in [1.807, 2.05) is 32.9 Å². The molecule has 0 amide bonds. The van der Waals surface area contributed by atoms with Crippen LogP contribution >= 0.6 is 0 Å². The monoisotopic (exact) mass is 248 g/mol. The van der Waals surface area contributed by atoms with Gasteiger partial charge in [0, 0.05) is 5.56 Å². The molecule has 98 valence electrons. The molecule has 0 aliphatic heterocycles. The molecule has 0 saturated carbocycles. The number of esters is 1. The van der Waals surface area contributed by atoms with Crippen molar-refractivity contribution in [2.24, 2.45) is 0 Å². The predicted molar refractivity (Wildman–Crippen MR) is 70.9 cm³/mol. The van der Waals surface area contributed by atoms with Crippen molar-refractivity contribution in [2.45, 2.75) is 40.0 Å². The Kier molecular flexibility index (Phi) is 5.08. The Labute approximate surface area is 108 Å². The lowest BCUT2D eigenvalue weighted by Gasteiger charge is -2.12. The van der Waals surface area contributed by atoms with E-state index in [0.29, 0.717) is 5.56 Å². The quantitative estimate of drug-likeness (QED) is 0.457. The molecular formula is C15H20O3. The van der Waals surface area contributed by atoms with Crippen LogP contribution < -0.4 is 0 Å². The summed E-state index contributed by atoms with van der Waals surface area (Å²) >= 11 is 0. The third kappa shape index (κ3) is 3.19. The highest BCUT2D eigenvalue weighted by atomic mass is 16.5. The SMILES string of the molecule is CCOC(=O)C(=O)c1cc(CC)ccc1C(C)C. The van der Waals surface area contributed by atoms with E-state index in [1.54, 1.807) is 13.0 Å². The Balaban J connectivity index is 3.18. The molecule has 18 heavy (non-hydrogen) atoms. The van der Waals surface area contributed by atoms with Gasteiger partial charge < -0.3 is 4.74 Å². The third-order valence-corrected chi connectivity index (χ3v) is 2.85. The summed E-state index contributed by atoms with van der Waals surface area (Å²) in [5.41, 5.74) is 2.42. The molecule has 0 bridgehead atoms. The summed E-state index contributed by atoms with van der Waals surface area (Å²) in [5.74, 6) is -1.12. The molecule has 0 heterocycles. The van der Waals surface area contributed by atoms with Gasteiger partial charge in [0.05, 0.1) is 6.61 Å². The number of hydrogen-bond donors (Lipinski definition) is 0. The van der Waals surface area contributed by atoms with Gasteiger partial charge in [0.2, 0.25) is 0 Å². The minimum atomic E-state index is -0.771. The molecule has 3 heteroatoms. The zero-order chi connectivity index (χ0) is 13.7. The summed E-state index contributed by atoms with van der Waals surface area (Å²) in [5, 5.41) is 0. The van der Waals surface area contributed by atoms with Crippen molar-refractivity contribution in [1.29, 1.82) is 0 Å². The summed E-state index contributed by atoms with van der Waals surface area (Å²) in [7, 11) is 0. The van der Waals surface area contributed by atoms with Crippen LogP contribution in [0.25, 0.3) is 0 Å². The van der Waals surface area contributed by atoms with Crippen LogP contribution in [0.15, 0.2) is 18.2 Å².